The molecule has 0 aliphatic carbocycles. The Bertz CT molecular complexity index is 2930. The van der Waals surface area contributed by atoms with E-state index in [0.717, 1.165) is 45.3 Å². The average molecular weight is 1790 g/mol. The van der Waals surface area contributed by atoms with Crippen LogP contribution in [-0.4, -0.2) is 28.4 Å². The van der Waals surface area contributed by atoms with Crippen molar-refractivity contribution in [2.75, 3.05) is 28.4 Å². The van der Waals surface area contributed by atoms with Crippen LogP contribution in [0.3, 0.4) is 0 Å². The maximum absolute atomic E-state index is 10.7. The van der Waals surface area contributed by atoms with Crippen molar-refractivity contribution >= 4 is 79.8 Å². The molecule has 92 heavy (non-hydrogen) atoms. The second kappa shape index (κ2) is 34.2. The number of rotatable bonds is 16. The SMILES string of the molecule is COc1ccc(/C=C/C=C/c2ccccc2/C=C/C=C/c2ccc(OC)cc2)cc1.COc1ccc(/C=C/C=C/c2ccccc2/C=C/C=C/c2ccc(OC)cc2)cc1.F[P-](F)(F)(F)(F)F.F[P-](F)(F)(F)(F)F.F[P-](F)(F)(F)(F)F.F[P-](F)(F)(F)(F)F.[Pd].[Pd].[Pd].[Pd]. The molecule has 0 fully saturated rings. The normalized spacial score (nSPS) is 14.7. The number of allylic oxidation sites excluding steroid dienone is 8. The molecule has 4 nitrogen and oxygen atoms in total. The molecular formula is C56H52F24O4P4Pd4-4. The number of halogens is 24. The van der Waals surface area contributed by atoms with Gasteiger partial charge in [0.25, 0.3) is 0 Å². The van der Waals surface area contributed by atoms with Gasteiger partial charge in [-0.3, -0.25) is 0 Å². The van der Waals surface area contributed by atoms with Crippen molar-refractivity contribution in [1.82, 2.24) is 0 Å². The largest absolute Gasteiger partial charge is 0 e. The third-order valence-electron chi connectivity index (χ3n) is 9.16. The first-order chi connectivity index (χ1) is 39.4. The maximum atomic E-state index is 9.87. The number of hydrogen-bond donors (Lipinski definition) is 0. The molecule has 0 unspecified atom stereocenters. The summed E-state index contributed by atoms with van der Waals surface area (Å²) in [7, 11) is -35.9. The van der Waals surface area contributed by atoms with Crippen LogP contribution in [0.25, 0.3) is 48.6 Å². The van der Waals surface area contributed by atoms with E-state index in [0.29, 0.717) is 0 Å². The molecular weight excluding hydrogens is 1740 g/mol. The number of ether oxygens (including phenoxy) is 4. The summed E-state index contributed by atoms with van der Waals surface area (Å²) in [4.78, 5) is 0. The summed E-state index contributed by atoms with van der Waals surface area (Å²) in [5, 5.41) is 0. The fourth-order valence-corrected chi connectivity index (χ4v) is 5.79. The third-order valence-corrected chi connectivity index (χ3v) is 9.16. The van der Waals surface area contributed by atoms with Gasteiger partial charge < -0.3 is 18.9 Å². The van der Waals surface area contributed by atoms with Gasteiger partial charge in [-0.1, -0.05) is 194 Å². The van der Waals surface area contributed by atoms with Gasteiger partial charge in [0.15, 0.2) is 0 Å². The van der Waals surface area contributed by atoms with Crippen molar-refractivity contribution in [3.8, 4) is 23.0 Å². The van der Waals surface area contributed by atoms with E-state index in [1.54, 1.807) is 28.4 Å². The molecule has 0 N–H and O–H groups in total. The molecule has 6 rings (SSSR count). The predicted molar refractivity (Wildman–Crippen MR) is 311 cm³/mol. The Morgan fingerprint density at radius 3 is 0.446 bits per heavy atom. The van der Waals surface area contributed by atoms with E-state index in [4.69, 9.17) is 18.9 Å². The number of hydrogen-bond acceptors (Lipinski definition) is 4. The monoisotopic (exact) mass is 1790 g/mol. The van der Waals surface area contributed by atoms with Crippen molar-refractivity contribution in [3.05, 3.63) is 239 Å². The fraction of sp³-hybridized carbons (Fsp3) is 0.0714. The van der Waals surface area contributed by atoms with Crippen LogP contribution in [0.5, 0.6) is 23.0 Å². The van der Waals surface area contributed by atoms with Crippen molar-refractivity contribution in [1.29, 1.82) is 0 Å². The van der Waals surface area contributed by atoms with Crippen molar-refractivity contribution in [2.45, 2.75) is 0 Å². The van der Waals surface area contributed by atoms with Crippen LogP contribution >= 0.6 is 31.2 Å². The molecule has 0 radical (unpaired) electrons. The molecule has 0 heterocycles. The zero-order chi connectivity index (χ0) is 67.7. The van der Waals surface area contributed by atoms with Crippen LogP contribution in [0.2, 0.25) is 0 Å². The maximum Gasteiger partial charge on any atom is 0 e. The molecule has 0 amide bonds. The van der Waals surface area contributed by atoms with Crippen LogP contribution < -0.4 is 18.9 Å². The molecule has 0 aromatic heterocycles. The summed E-state index contributed by atoms with van der Waals surface area (Å²) in [6, 6.07) is 48.7. The van der Waals surface area contributed by atoms with E-state index in [1.165, 1.54) is 22.3 Å². The van der Waals surface area contributed by atoms with Crippen LogP contribution in [0, 0.1) is 0 Å². The smallest absolute Gasteiger partial charge is 0 e. The van der Waals surface area contributed by atoms with Gasteiger partial charge in [0, 0.05) is 81.7 Å². The number of benzene rings is 6. The Kier molecular flexibility index (Phi) is 34.8. The fourth-order valence-electron chi connectivity index (χ4n) is 5.79. The Morgan fingerprint density at radius 2 is 0.326 bits per heavy atom. The van der Waals surface area contributed by atoms with Crippen molar-refractivity contribution in [3.63, 3.8) is 0 Å². The molecule has 6 aromatic rings. The average Bonchev–Trinajstić information content (AvgIpc) is 0.962. The van der Waals surface area contributed by atoms with E-state index < -0.39 is 31.2 Å². The van der Waals surface area contributed by atoms with Gasteiger partial charge in [-0.05, 0) is 93.0 Å². The molecule has 0 aliphatic rings. The summed E-state index contributed by atoms with van der Waals surface area (Å²) in [5.41, 5.74) is 9.23. The first-order valence-corrected chi connectivity index (χ1v) is 31.9. The van der Waals surface area contributed by atoms with Crippen LogP contribution in [0.1, 0.15) is 44.5 Å². The second-order valence-corrected chi connectivity index (χ2v) is 24.7. The molecule has 0 aliphatic heterocycles. The minimum Gasteiger partial charge on any atom is 0 e. The van der Waals surface area contributed by atoms with Gasteiger partial charge in [-0.25, -0.2) is 0 Å². The van der Waals surface area contributed by atoms with Gasteiger partial charge in [0.05, 0.1) is 28.4 Å². The van der Waals surface area contributed by atoms with E-state index in [-0.39, 0.29) is 81.7 Å². The Balaban J connectivity index is -0.000000578. The van der Waals surface area contributed by atoms with Gasteiger partial charge >= 0.3 is 132 Å². The van der Waals surface area contributed by atoms with Crippen molar-refractivity contribution in [2.24, 2.45) is 0 Å². The molecule has 36 heteroatoms. The first kappa shape index (κ1) is 93.5. The zero-order valence-electron chi connectivity index (χ0n) is 46.9. The zero-order valence-corrected chi connectivity index (χ0v) is 56.6. The van der Waals surface area contributed by atoms with E-state index in [1.807, 2.05) is 121 Å². The van der Waals surface area contributed by atoms with Gasteiger partial charge in [-0.2, -0.15) is 0 Å². The minimum atomic E-state index is -10.7. The quantitative estimate of drug-likeness (QED) is 0.0419. The Hall–Kier alpha value is -4.87. The third kappa shape index (κ3) is 69.5. The minimum absolute atomic E-state index is 0. The molecule has 0 spiro atoms. The molecule has 0 saturated heterocycles. The molecule has 0 atom stereocenters. The van der Waals surface area contributed by atoms with Crippen LogP contribution in [0.15, 0.2) is 194 Å². The van der Waals surface area contributed by atoms with E-state index >= 15 is 0 Å². The van der Waals surface area contributed by atoms with Gasteiger partial charge in [0.1, 0.15) is 23.0 Å². The number of methoxy groups -OCH3 is 4. The summed E-state index contributed by atoms with van der Waals surface area (Å²) < 4.78 is 258. The first-order valence-electron chi connectivity index (χ1n) is 23.8. The summed E-state index contributed by atoms with van der Waals surface area (Å²) in [6.45, 7) is 0. The van der Waals surface area contributed by atoms with Gasteiger partial charge in [0.2, 0.25) is 0 Å². The standard InChI is InChI=1S/2C28H26O2.4F6P.4Pd/c2*1-29-27-19-15-23(16-20-27)9-3-5-11-25-13-7-8-14-26(25)12-6-4-10-24-17-21-28(30-2)22-18-24;4*1-7(2,3,4,5)6;;;;/h2*3-22H,1-2H3;;;;;;;;/q;;4*-1;;;;/b2*9-3+,10-4+,11-5+,12-6+;;;;;;;;. The Labute approximate surface area is 567 Å². The predicted octanol–water partition coefficient (Wildman–Crippen LogP) is 27.8. The molecule has 0 saturated carbocycles. The van der Waals surface area contributed by atoms with Gasteiger partial charge in [-0.15, -0.1) is 0 Å². The summed E-state index contributed by atoms with van der Waals surface area (Å²) in [6.07, 6.45) is 33.2. The second-order valence-electron chi connectivity index (χ2n) is 17.1. The van der Waals surface area contributed by atoms with Crippen LogP contribution in [0.4, 0.5) is 101 Å². The summed E-state index contributed by atoms with van der Waals surface area (Å²) >= 11 is 0. The molecule has 532 valence electrons. The summed E-state index contributed by atoms with van der Waals surface area (Å²) in [5.74, 6) is 3.46. The van der Waals surface area contributed by atoms with E-state index in [2.05, 4.69) is 121 Å². The molecule has 6 aromatic carbocycles. The van der Waals surface area contributed by atoms with E-state index in [9.17, 15) is 101 Å². The van der Waals surface area contributed by atoms with Crippen LogP contribution in [-0.2, 0) is 81.7 Å². The Morgan fingerprint density at radius 1 is 0.207 bits per heavy atom. The topological polar surface area (TPSA) is 36.9 Å². The van der Waals surface area contributed by atoms with Crippen molar-refractivity contribution < 1.29 is 201 Å². The molecule has 0 bridgehead atoms.